The lowest BCUT2D eigenvalue weighted by Crippen LogP contribution is -2.55. The molecule has 1 saturated heterocycles. The smallest absolute Gasteiger partial charge is 0.166 e. The van der Waals surface area contributed by atoms with Crippen LogP contribution in [0.1, 0.15) is 27.7 Å². The van der Waals surface area contributed by atoms with Gasteiger partial charge in [-0.25, -0.2) is 4.39 Å². The van der Waals surface area contributed by atoms with Crippen LogP contribution in [0, 0.1) is 0 Å². The van der Waals surface area contributed by atoms with Gasteiger partial charge in [-0.3, -0.25) is 9.80 Å². The van der Waals surface area contributed by atoms with Crippen molar-refractivity contribution in [2.24, 2.45) is 0 Å². The Kier molecular flexibility index (Phi) is 3.68. The molecule has 13 heavy (non-hydrogen) atoms. The van der Waals surface area contributed by atoms with Crippen molar-refractivity contribution in [3.05, 3.63) is 0 Å². The molecule has 0 radical (unpaired) electrons. The van der Waals surface area contributed by atoms with Gasteiger partial charge in [0.05, 0.1) is 0 Å². The molecular formula is C10H21FN2. The maximum atomic E-state index is 13.6. The molecule has 0 spiro atoms. The van der Waals surface area contributed by atoms with Crippen LogP contribution in [0.3, 0.4) is 0 Å². The third-order valence-corrected chi connectivity index (χ3v) is 2.78. The highest BCUT2D eigenvalue weighted by Crippen LogP contribution is 2.15. The molecule has 1 atom stereocenters. The van der Waals surface area contributed by atoms with Gasteiger partial charge in [-0.05, 0) is 27.7 Å². The van der Waals surface area contributed by atoms with Crippen molar-refractivity contribution in [2.75, 3.05) is 19.6 Å². The number of halogens is 1. The van der Waals surface area contributed by atoms with Crippen LogP contribution in [0.15, 0.2) is 0 Å². The van der Waals surface area contributed by atoms with Gasteiger partial charge in [-0.15, -0.1) is 0 Å². The summed E-state index contributed by atoms with van der Waals surface area (Å²) in [5.41, 5.74) is 0. The van der Waals surface area contributed by atoms with E-state index in [2.05, 4.69) is 32.6 Å². The Hall–Kier alpha value is -0.150. The van der Waals surface area contributed by atoms with Gasteiger partial charge < -0.3 is 0 Å². The van der Waals surface area contributed by atoms with Crippen molar-refractivity contribution in [2.45, 2.75) is 46.1 Å². The number of hydrogen-bond acceptors (Lipinski definition) is 2. The Bertz CT molecular complexity index is 159. The molecule has 0 unspecified atom stereocenters. The second kappa shape index (κ2) is 4.38. The van der Waals surface area contributed by atoms with Crippen LogP contribution < -0.4 is 0 Å². The first-order valence-electron chi connectivity index (χ1n) is 5.16. The van der Waals surface area contributed by atoms with E-state index in [0.29, 0.717) is 18.6 Å². The van der Waals surface area contributed by atoms with Gasteiger partial charge >= 0.3 is 0 Å². The van der Waals surface area contributed by atoms with E-state index in [9.17, 15) is 4.39 Å². The molecule has 0 N–H and O–H groups in total. The molecule has 0 aliphatic carbocycles. The summed E-state index contributed by atoms with van der Waals surface area (Å²) >= 11 is 0. The Morgan fingerprint density at radius 3 is 2.08 bits per heavy atom. The van der Waals surface area contributed by atoms with Crippen molar-refractivity contribution >= 4 is 0 Å². The molecule has 0 amide bonds. The fourth-order valence-electron chi connectivity index (χ4n) is 1.82. The number of alkyl halides is 1. The maximum Gasteiger partial charge on any atom is 0.166 e. The van der Waals surface area contributed by atoms with Gasteiger partial charge in [-0.2, -0.15) is 0 Å². The quantitative estimate of drug-likeness (QED) is 0.609. The van der Waals surface area contributed by atoms with Gasteiger partial charge in [0.15, 0.2) is 6.30 Å². The van der Waals surface area contributed by atoms with Crippen LogP contribution in [0.4, 0.5) is 4.39 Å². The zero-order valence-electron chi connectivity index (χ0n) is 9.13. The largest absolute Gasteiger partial charge is 0.295 e. The first-order chi connectivity index (χ1) is 6.02. The summed E-state index contributed by atoms with van der Waals surface area (Å²) < 4.78 is 13.6. The van der Waals surface area contributed by atoms with Crippen LogP contribution in [0.5, 0.6) is 0 Å². The summed E-state index contributed by atoms with van der Waals surface area (Å²) in [6.45, 7) is 10.8. The molecule has 1 aliphatic rings. The van der Waals surface area contributed by atoms with E-state index < -0.39 is 6.30 Å². The third-order valence-electron chi connectivity index (χ3n) is 2.78. The minimum absolute atomic E-state index is 0.323. The van der Waals surface area contributed by atoms with Crippen LogP contribution in [0.2, 0.25) is 0 Å². The second-order valence-corrected chi connectivity index (χ2v) is 4.35. The van der Waals surface area contributed by atoms with Crippen molar-refractivity contribution < 1.29 is 4.39 Å². The number of hydrogen-bond donors (Lipinski definition) is 0. The molecule has 1 fully saturated rings. The fourth-order valence-corrected chi connectivity index (χ4v) is 1.82. The Labute approximate surface area is 80.7 Å². The Morgan fingerprint density at radius 2 is 1.69 bits per heavy atom. The Balaban J connectivity index is 2.46. The van der Waals surface area contributed by atoms with Gasteiger partial charge in [-0.1, -0.05) is 0 Å². The van der Waals surface area contributed by atoms with E-state index in [-0.39, 0.29) is 0 Å². The van der Waals surface area contributed by atoms with E-state index in [1.807, 2.05) is 4.90 Å². The van der Waals surface area contributed by atoms with Crippen molar-refractivity contribution in [1.29, 1.82) is 0 Å². The molecule has 0 aromatic carbocycles. The molecular weight excluding hydrogens is 167 g/mol. The highest BCUT2D eigenvalue weighted by Gasteiger charge is 2.29. The van der Waals surface area contributed by atoms with Crippen molar-refractivity contribution in [1.82, 2.24) is 9.80 Å². The fraction of sp³-hybridized carbons (Fsp3) is 1.00. The van der Waals surface area contributed by atoms with Crippen LogP contribution >= 0.6 is 0 Å². The maximum absolute atomic E-state index is 13.6. The normalized spacial score (nSPS) is 27.5. The van der Waals surface area contributed by atoms with Crippen molar-refractivity contribution in [3.8, 4) is 0 Å². The first-order valence-corrected chi connectivity index (χ1v) is 5.16. The monoisotopic (exact) mass is 188 g/mol. The van der Waals surface area contributed by atoms with E-state index in [1.165, 1.54) is 0 Å². The van der Waals surface area contributed by atoms with Crippen LogP contribution in [0.25, 0.3) is 0 Å². The lowest BCUT2D eigenvalue weighted by Gasteiger charge is -2.41. The summed E-state index contributed by atoms with van der Waals surface area (Å²) in [6, 6.07) is 0.789. The van der Waals surface area contributed by atoms with Crippen LogP contribution in [-0.4, -0.2) is 47.8 Å². The van der Waals surface area contributed by atoms with Crippen LogP contribution in [-0.2, 0) is 0 Å². The molecule has 2 nitrogen and oxygen atoms in total. The average Bonchev–Trinajstić information content (AvgIpc) is 2.03. The molecule has 0 bridgehead atoms. The highest BCUT2D eigenvalue weighted by molar-refractivity contribution is 4.79. The van der Waals surface area contributed by atoms with E-state index in [0.717, 1.165) is 13.1 Å². The van der Waals surface area contributed by atoms with Gasteiger partial charge in [0, 0.05) is 31.7 Å². The summed E-state index contributed by atoms with van der Waals surface area (Å²) in [6.07, 6.45) is -0.781. The SMILES string of the molecule is CC(C)N1CCN(C(C)C)[C@@H](F)C1. The molecule has 1 aliphatic heterocycles. The summed E-state index contributed by atoms with van der Waals surface area (Å²) in [4.78, 5) is 4.13. The second-order valence-electron chi connectivity index (χ2n) is 4.35. The lowest BCUT2D eigenvalue weighted by atomic mass is 10.2. The zero-order valence-corrected chi connectivity index (χ0v) is 9.13. The third kappa shape index (κ3) is 2.64. The van der Waals surface area contributed by atoms with E-state index in [1.54, 1.807) is 0 Å². The van der Waals surface area contributed by atoms with Gasteiger partial charge in [0.2, 0.25) is 0 Å². The number of rotatable bonds is 2. The predicted molar refractivity (Wildman–Crippen MR) is 53.4 cm³/mol. The van der Waals surface area contributed by atoms with E-state index >= 15 is 0 Å². The lowest BCUT2D eigenvalue weighted by molar-refractivity contribution is -0.0286. The average molecular weight is 188 g/mol. The molecule has 3 heteroatoms. The predicted octanol–water partition coefficient (Wildman–Crippen LogP) is 1.72. The minimum Gasteiger partial charge on any atom is -0.295 e. The molecule has 0 saturated carbocycles. The summed E-state index contributed by atoms with van der Waals surface area (Å²) in [7, 11) is 0. The molecule has 1 rings (SSSR count). The minimum atomic E-state index is -0.781. The molecule has 0 aromatic rings. The van der Waals surface area contributed by atoms with Gasteiger partial charge in [0.25, 0.3) is 0 Å². The topological polar surface area (TPSA) is 6.48 Å². The highest BCUT2D eigenvalue weighted by atomic mass is 19.1. The standard InChI is InChI=1S/C10H21FN2/c1-8(2)12-5-6-13(9(3)4)10(11)7-12/h8-10H,5-7H2,1-4H3/t10-/m1/s1. The first kappa shape index (κ1) is 10.9. The Morgan fingerprint density at radius 1 is 1.08 bits per heavy atom. The zero-order chi connectivity index (χ0) is 10.0. The molecule has 0 aromatic heterocycles. The molecule has 78 valence electrons. The van der Waals surface area contributed by atoms with E-state index in [4.69, 9.17) is 0 Å². The van der Waals surface area contributed by atoms with Crippen molar-refractivity contribution in [3.63, 3.8) is 0 Å². The molecule has 1 heterocycles. The summed E-state index contributed by atoms with van der Waals surface area (Å²) in [5, 5.41) is 0. The number of piperazine rings is 1. The van der Waals surface area contributed by atoms with Gasteiger partial charge in [0.1, 0.15) is 0 Å². The summed E-state index contributed by atoms with van der Waals surface area (Å²) in [5.74, 6) is 0. The number of nitrogens with zero attached hydrogens (tertiary/aromatic N) is 2.